The maximum absolute atomic E-state index is 11.6. The molecular weight excluding hydrogens is 312 g/mol. The maximum Gasteiger partial charge on any atom is 0.339 e. The average Bonchev–Trinajstić information content (AvgIpc) is 2.45. The summed E-state index contributed by atoms with van der Waals surface area (Å²) in [5, 5.41) is 22.8. The third kappa shape index (κ3) is 4.59. The Bertz CT molecular complexity index is 564. The van der Waals surface area contributed by atoms with Crippen LogP contribution in [0, 0.1) is 0 Å². The van der Waals surface area contributed by atoms with E-state index in [4.69, 9.17) is 17.3 Å². The zero-order valence-electron chi connectivity index (χ0n) is 12.3. The van der Waals surface area contributed by atoms with E-state index in [1.54, 1.807) is 0 Å². The first-order valence-corrected chi connectivity index (χ1v) is 6.93. The van der Waals surface area contributed by atoms with Gasteiger partial charge in [-0.3, -0.25) is 4.79 Å². The lowest BCUT2D eigenvalue weighted by molar-refractivity contribution is -0.119. The highest BCUT2D eigenvalue weighted by atomic mass is 35.5. The standard InChI is InChI=1S/C14H19ClN2O5/c1-7(18)17-4-3-12(19)13(20)8-5-9(14(21)22-2)11(16)6-10(8)15/h5-6,12-13,19-20H,3-4,16H2,1-2H3,(H,17,18). The molecule has 0 heterocycles. The van der Waals surface area contributed by atoms with Gasteiger partial charge in [0, 0.05) is 29.7 Å². The number of amides is 1. The van der Waals surface area contributed by atoms with Crippen LogP contribution < -0.4 is 11.1 Å². The summed E-state index contributed by atoms with van der Waals surface area (Å²) < 4.78 is 4.59. The maximum atomic E-state index is 11.6. The fourth-order valence-corrected chi connectivity index (χ4v) is 2.16. The van der Waals surface area contributed by atoms with E-state index in [-0.39, 0.29) is 40.7 Å². The Morgan fingerprint density at radius 2 is 2.05 bits per heavy atom. The van der Waals surface area contributed by atoms with E-state index in [0.717, 1.165) is 0 Å². The lowest BCUT2D eigenvalue weighted by Crippen LogP contribution is -2.28. The first-order valence-electron chi connectivity index (χ1n) is 6.55. The van der Waals surface area contributed by atoms with E-state index in [2.05, 4.69) is 10.1 Å². The third-order valence-electron chi connectivity index (χ3n) is 3.07. The number of benzene rings is 1. The van der Waals surface area contributed by atoms with E-state index in [0.29, 0.717) is 0 Å². The van der Waals surface area contributed by atoms with Gasteiger partial charge < -0.3 is 26.0 Å². The van der Waals surface area contributed by atoms with Crippen molar-refractivity contribution in [3.8, 4) is 0 Å². The molecule has 122 valence electrons. The average molecular weight is 331 g/mol. The third-order valence-corrected chi connectivity index (χ3v) is 3.40. The molecule has 0 saturated carbocycles. The number of nitrogens with two attached hydrogens (primary N) is 1. The molecule has 22 heavy (non-hydrogen) atoms. The summed E-state index contributed by atoms with van der Waals surface area (Å²) in [6.07, 6.45) is -2.38. The van der Waals surface area contributed by atoms with Gasteiger partial charge in [-0.05, 0) is 18.6 Å². The summed E-state index contributed by atoms with van der Waals surface area (Å²) in [4.78, 5) is 22.4. The van der Waals surface area contributed by atoms with Crippen molar-refractivity contribution in [3.63, 3.8) is 0 Å². The molecule has 8 heteroatoms. The molecular formula is C14H19ClN2O5. The number of carbonyl (C=O) groups excluding carboxylic acids is 2. The highest BCUT2D eigenvalue weighted by Gasteiger charge is 2.23. The van der Waals surface area contributed by atoms with Gasteiger partial charge in [-0.15, -0.1) is 0 Å². The van der Waals surface area contributed by atoms with Crippen LogP contribution in [-0.4, -0.2) is 41.8 Å². The number of esters is 1. The quantitative estimate of drug-likeness (QED) is 0.448. The molecule has 7 nitrogen and oxygen atoms in total. The number of anilines is 1. The number of nitrogen functional groups attached to an aromatic ring is 1. The molecule has 1 rings (SSSR count). The Morgan fingerprint density at radius 1 is 1.41 bits per heavy atom. The van der Waals surface area contributed by atoms with Crippen molar-refractivity contribution in [2.24, 2.45) is 0 Å². The van der Waals surface area contributed by atoms with Crippen LogP contribution in [0.4, 0.5) is 5.69 Å². The number of nitrogens with one attached hydrogen (secondary N) is 1. The van der Waals surface area contributed by atoms with Crippen LogP contribution in [0.1, 0.15) is 35.4 Å². The smallest absolute Gasteiger partial charge is 0.339 e. The summed E-state index contributed by atoms with van der Waals surface area (Å²) in [5.41, 5.74) is 6.00. The van der Waals surface area contributed by atoms with Gasteiger partial charge in [-0.2, -0.15) is 0 Å². The SMILES string of the molecule is COC(=O)c1cc(C(O)C(O)CCNC(C)=O)c(Cl)cc1N. The number of hydrogen-bond acceptors (Lipinski definition) is 6. The molecule has 0 saturated heterocycles. The van der Waals surface area contributed by atoms with Crippen molar-refractivity contribution in [1.29, 1.82) is 0 Å². The number of methoxy groups -OCH3 is 1. The van der Waals surface area contributed by atoms with Crippen LogP contribution in [0.5, 0.6) is 0 Å². The second-order valence-electron chi connectivity index (χ2n) is 4.74. The summed E-state index contributed by atoms with van der Waals surface area (Å²) in [5.74, 6) is -0.907. The van der Waals surface area contributed by atoms with E-state index < -0.39 is 18.2 Å². The molecule has 2 unspecified atom stereocenters. The number of ether oxygens (including phenoxy) is 1. The van der Waals surface area contributed by atoms with Crippen molar-refractivity contribution >= 4 is 29.2 Å². The van der Waals surface area contributed by atoms with Gasteiger partial charge in [-0.25, -0.2) is 4.79 Å². The van der Waals surface area contributed by atoms with Gasteiger partial charge >= 0.3 is 5.97 Å². The van der Waals surface area contributed by atoms with Crippen LogP contribution in [-0.2, 0) is 9.53 Å². The lowest BCUT2D eigenvalue weighted by atomic mass is 9.99. The zero-order chi connectivity index (χ0) is 16.9. The van der Waals surface area contributed by atoms with E-state index >= 15 is 0 Å². The van der Waals surface area contributed by atoms with E-state index in [1.807, 2.05) is 0 Å². The molecule has 1 aromatic carbocycles. The summed E-state index contributed by atoms with van der Waals surface area (Å²) >= 11 is 6.00. The number of aliphatic hydroxyl groups excluding tert-OH is 2. The Balaban J connectivity index is 2.94. The molecule has 0 aliphatic carbocycles. The first-order chi connectivity index (χ1) is 10.3. The van der Waals surface area contributed by atoms with Crippen LogP contribution in [0.2, 0.25) is 5.02 Å². The molecule has 0 bridgehead atoms. The Hall–Kier alpha value is -1.83. The van der Waals surface area contributed by atoms with Gasteiger partial charge in [0.15, 0.2) is 0 Å². The molecule has 0 fully saturated rings. The monoisotopic (exact) mass is 330 g/mol. The minimum atomic E-state index is -1.33. The second-order valence-corrected chi connectivity index (χ2v) is 5.14. The van der Waals surface area contributed by atoms with E-state index in [9.17, 15) is 19.8 Å². The fraction of sp³-hybridized carbons (Fsp3) is 0.429. The fourth-order valence-electron chi connectivity index (χ4n) is 1.88. The van der Waals surface area contributed by atoms with Crippen molar-refractivity contribution in [1.82, 2.24) is 5.32 Å². The largest absolute Gasteiger partial charge is 0.465 e. The summed E-state index contributed by atoms with van der Waals surface area (Å²) in [6, 6.07) is 2.60. The van der Waals surface area contributed by atoms with Gasteiger partial charge in [0.2, 0.25) is 5.91 Å². The van der Waals surface area contributed by atoms with Gasteiger partial charge in [0.1, 0.15) is 6.10 Å². The number of aliphatic hydroxyl groups is 2. The van der Waals surface area contributed by atoms with Crippen LogP contribution in [0.25, 0.3) is 0 Å². The molecule has 2 atom stereocenters. The second kappa shape index (κ2) is 7.98. The highest BCUT2D eigenvalue weighted by Crippen LogP contribution is 2.31. The predicted octanol–water partition coefficient (Wildman–Crippen LogP) is 0.629. The highest BCUT2D eigenvalue weighted by molar-refractivity contribution is 6.32. The number of halogens is 1. The number of hydrogen-bond donors (Lipinski definition) is 4. The van der Waals surface area contributed by atoms with Crippen molar-refractivity contribution in [3.05, 3.63) is 28.3 Å². The Kier molecular flexibility index (Phi) is 6.61. The molecule has 0 aromatic heterocycles. The molecule has 5 N–H and O–H groups in total. The van der Waals surface area contributed by atoms with Crippen molar-refractivity contribution < 1.29 is 24.5 Å². The Morgan fingerprint density at radius 3 is 2.59 bits per heavy atom. The summed E-state index contributed by atoms with van der Waals surface area (Å²) in [7, 11) is 1.20. The van der Waals surface area contributed by atoms with E-state index in [1.165, 1.54) is 26.2 Å². The molecule has 1 amide bonds. The minimum absolute atomic E-state index is 0.0509. The molecule has 0 aliphatic rings. The topological polar surface area (TPSA) is 122 Å². The summed E-state index contributed by atoms with van der Waals surface area (Å²) in [6.45, 7) is 1.55. The zero-order valence-corrected chi connectivity index (χ0v) is 13.1. The molecule has 0 radical (unpaired) electrons. The molecule has 0 aliphatic heterocycles. The number of rotatable bonds is 6. The number of carbonyl (C=O) groups is 2. The lowest BCUT2D eigenvalue weighted by Gasteiger charge is -2.20. The van der Waals surface area contributed by atoms with Crippen molar-refractivity contribution in [2.75, 3.05) is 19.4 Å². The normalized spacial score (nSPS) is 13.3. The van der Waals surface area contributed by atoms with Gasteiger partial charge in [0.25, 0.3) is 0 Å². The first kappa shape index (κ1) is 18.2. The molecule has 1 aromatic rings. The van der Waals surface area contributed by atoms with Crippen molar-refractivity contribution in [2.45, 2.75) is 25.6 Å². The minimum Gasteiger partial charge on any atom is -0.465 e. The van der Waals surface area contributed by atoms with Crippen LogP contribution >= 0.6 is 11.6 Å². The van der Waals surface area contributed by atoms with Gasteiger partial charge in [0.05, 0.1) is 18.8 Å². The van der Waals surface area contributed by atoms with Crippen LogP contribution in [0.3, 0.4) is 0 Å². The predicted molar refractivity (Wildman–Crippen MR) is 81.5 cm³/mol. The molecule has 0 spiro atoms. The Labute approximate surface area is 133 Å². The van der Waals surface area contributed by atoms with Gasteiger partial charge in [-0.1, -0.05) is 11.6 Å². The van der Waals surface area contributed by atoms with Crippen LogP contribution in [0.15, 0.2) is 12.1 Å².